The Morgan fingerprint density at radius 3 is 2.26 bits per heavy atom. The van der Waals surface area contributed by atoms with E-state index < -0.39 is 23.4 Å². The van der Waals surface area contributed by atoms with Crippen LogP contribution in [-0.4, -0.2) is 18.3 Å². The maximum Gasteiger partial charge on any atom is 0.251 e. The van der Waals surface area contributed by atoms with Gasteiger partial charge in [0.05, 0.1) is 0 Å². The van der Waals surface area contributed by atoms with Crippen molar-refractivity contribution in [2.45, 2.75) is 20.3 Å². The molecule has 0 heterocycles. The van der Waals surface area contributed by atoms with E-state index >= 15 is 0 Å². The molecule has 106 valence electrons. The van der Waals surface area contributed by atoms with E-state index in [1.807, 2.05) is 13.8 Å². The number of hydrogen-bond acceptors (Lipinski definition) is 1. The molecule has 0 unspecified atom stereocenters. The van der Waals surface area contributed by atoms with Gasteiger partial charge in [-0.1, -0.05) is 13.8 Å². The number of nitrogens with one attached hydrogen (secondary N) is 1. The van der Waals surface area contributed by atoms with Gasteiger partial charge in [0.1, 0.15) is 0 Å². The summed E-state index contributed by atoms with van der Waals surface area (Å²) in [5, 5.41) is 2.54. The molecule has 1 rings (SSSR count). The van der Waals surface area contributed by atoms with Crippen LogP contribution in [0.1, 0.15) is 30.6 Å². The molecule has 0 bridgehead atoms. The highest BCUT2D eigenvalue weighted by atomic mass is 35.5. The van der Waals surface area contributed by atoms with Gasteiger partial charge in [-0.25, -0.2) is 13.2 Å². The Balaban J connectivity index is 2.74. The van der Waals surface area contributed by atoms with E-state index in [0.717, 1.165) is 0 Å². The number of amides is 1. The van der Waals surface area contributed by atoms with Crippen molar-refractivity contribution in [3.63, 3.8) is 0 Å². The Labute approximate surface area is 114 Å². The summed E-state index contributed by atoms with van der Waals surface area (Å²) >= 11 is 5.62. The summed E-state index contributed by atoms with van der Waals surface area (Å²) < 4.78 is 38.7. The van der Waals surface area contributed by atoms with Crippen molar-refractivity contribution in [3.8, 4) is 0 Å². The number of rotatable bonds is 5. The third-order valence-electron chi connectivity index (χ3n) is 2.74. The fourth-order valence-corrected chi connectivity index (χ4v) is 1.96. The van der Waals surface area contributed by atoms with E-state index in [4.69, 9.17) is 11.6 Å². The average molecular weight is 294 g/mol. The summed E-state index contributed by atoms with van der Waals surface area (Å²) in [5.74, 6) is -4.56. The van der Waals surface area contributed by atoms with E-state index in [-0.39, 0.29) is 11.0 Å². The van der Waals surface area contributed by atoms with Crippen LogP contribution >= 0.6 is 11.6 Å². The van der Waals surface area contributed by atoms with Crippen LogP contribution in [0, 0.1) is 22.9 Å². The second-order valence-corrected chi connectivity index (χ2v) is 5.42. The van der Waals surface area contributed by atoms with Gasteiger partial charge in [-0.05, 0) is 24.0 Å². The lowest BCUT2D eigenvalue weighted by atomic mass is 9.90. The molecule has 0 saturated heterocycles. The summed E-state index contributed by atoms with van der Waals surface area (Å²) in [4.78, 5) is 11.7. The second kappa shape index (κ2) is 6.28. The van der Waals surface area contributed by atoms with Gasteiger partial charge in [0.2, 0.25) is 0 Å². The Morgan fingerprint density at radius 1 is 1.26 bits per heavy atom. The maximum atomic E-state index is 13.0. The van der Waals surface area contributed by atoms with Crippen LogP contribution in [-0.2, 0) is 0 Å². The van der Waals surface area contributed by atoms with Crippen molar-refractivity contribution in [2.24, 2.45) is 5.41 Å². The molecule has 0 aliphatic carbocycles. The van der Waals surface area contributed by atoms with E-state index in [1.165, 1.54) is 0 Å². The Hall–Kier alpha value is -1.23. The maximum absolute atomic E-state index is 13.0. The molecule has 1 N–H and O–H groups in total. The predicted molar refractivity (Wildman–Crippen MR) is 67.8 cm³/mol. The van der Waals surface area contributed by atoms with Crippen LogP contribution in [0.2, 0.25) is 0 Å². The van der Waals surface area contributed by atoms with Crippen LogP contribution in [0.25, 0.3) is 0 Å². The van der Waals surface area contributed by atoms with Crippen LogP contribution in [0.4, 0.5) is 13.2 Å². The SMILES string of the molecule is CC(C)(CCCl)CNC(=O)c1cc(F)c(F)c(F)c1. The van der Waals surface area contributed by atoms with Crippen LogP contribution in [0.15, 0.2) is 12.1 Å². The summed E-state index contributed by atoms with van der Waals surface area (Å²) in [5.41, 5.74) is -0.479. The number of halogens is 4. The van der Waals surface area contributed by atoms with Gasteiger partial charge >= 0.3 is 0 Å². The van der Waals surface area contributed by atoms with Crippen molar-refractivity contribution in [2.75, 3.05) is 12.4 Å². The highest BCUT2D eigenvalue weighted by molar-refractivity contribution is 6.17. The smallest absolute Gasteiger partial charge is 0.251 e. The Morgan fingerprint density at radius 2 is 1.79 bits per heavy atom. The van der Waals surface area contributed by atoms with Crippen LogP contribution < -0.4 is 5.32 Å². The number of alkyl halides is 1. The summed E-state index contributed by atoms with van der Waals surface area (Å²) in [6.07, 6.45) is 0.682. The van der Waals surface area contributed by atoms with Gasteiger partial charge in [-0.2, -0.15) is 0 Å². The first-order valence-electron chi connectivity index (χ1n) is 5.75. The molecule has 6 heteroatoms. The zero-order valence-electron chi connectivity index (χ0n) is 10.7. The van der Waals surface area contributed by atoms with Crippen molar-refractivity contribution < 1.29 is 18.0 Å². The standard InChI is InChI=1S/C13H15ClF3NO/c1-13(2,3-4-14)7-18-12(19)8-5-9(15)11(17)10(16)6-8/h5-6H,3-4,7H2,1-2H3,(H,18,19). The molecule has 0 aliphatic heterocycles. The van der Waals surface area contributed by atoms with E-state index in [2.05, 4.69) is 5.32 Å². The Kier molecular flexibility index (Phi) is 5.23. The third kappa shape index (κ3) is 4.42. The van der Waals surface area contributed by atoms with Crippen LogP contribution in [0.3, 0.4) is 0 Å². The number of carbonyl (C=O) groups excluding carboxylic acids is 1. The molecule has 0 spiro atoms. The third-order valence-corrected chi connectivity index (χ3v) is 2.93. The van der Waals surface area contributed by atoms with Crippen LogP contribution in [0.5, 0.6) is 0 Å². The highest BCUT2D eigenvalue weighted by Crippen LogP contribution is 2.20. The average Bonchev–Trinajstić information content (AvgIpc) is 2.32. The zero-order chi connectivity index (χ0) is 14.6. The molecule has 1 aromatic rings. The van der Waals surface area contributed by atoms with Gasteiger partial charge < -0.3 is 5.32 Å². The fourth-order valence-electron chi connectivity index (χ4n) is 1.45. The molecule has 0 saturated carbocycles. The largest absolute Gasteiger partial charge is 0.351 e. The molecule has 0 aromatic heterocycles. The highest BCUT2D eigenvalue weighted by Gasteiger charge is 2.20. The molecular weight excluding hydrogens is 279 g/mol. The lowest BCUT2D eigenvalue weighted by Gasteiger charge is -2.23. The normalized spacial score (nSPS) is 11.5. The lowest BCUT2D eigenvalue weighted by Crippen LogP contribution is -2.34. The molecule has 0 atom stereocenters. The molecule has 0 fully saturated rings. The molecule has 0 radical (unpaired) electrons. The molecule has 0 aliphatic rings. The van der Waals surface area contributed by atoms with Crippen molar-refractivity contribution in [3.05, 3.63) is 35.1 Å². The first kappa shape index (κ1) is 15.8. The van der Waals surface area contributed by atoms with Crippen molar-refractivity contribution in [1.29, 1.82) is 0 Å². The number of benzene rings is 1. The predicted octanol–water partition coefficient (Wildman–Crippen LogP) is 3.49. The summed E-state index contributed by atoms with van der Waals surface area (Å²) in [6, 6.07) is 1.34. The minimum atomic E-state index is -1.58. The van der Waals surface area contributed by atoms with Gasteiger partial charge in [0.15, 0.2) is 17.5 Å². The van der Waals surface area contributed by atoms with E-state index in [1.54, 1.807) is 0 Å². The van der Waals surface area contributed by atoms with Gasteiger partial charge in [-0.3, -0.25) is 4.79 Å². The van der Waals surface area contributed by atoms with E-state index in [9.17, 15) is 18.0 Å². The second-order valence-electron chi connectivity index (χ2n) is 5.04. The number of hydrogen-bond donors (Lipinski definition) is 1. The molecule has 1 aromatic carbocycles. The summed E-state index contributed by atoms with van der Waals surface area (Å²) in [7, 11) is 0. The number of carbonyl (C=O) groups is 1. The van der Waals surface area contributed by atoms with Gasteiger partial charge in [-0.15, -0.1) is 11.6 Å². The quantitative estimate of drug-likeness (QED) is 0.653. The zero-order valence-corrected chi connectivity index (χ0v) is 11.5. The minimum Gasteiger partial charge on any atom is -0.351 e. The Bertz CT molecular complexity index is 454. The van der Waals surface area contributed by atoms with Gasteiger partial charge in [0, 0.05) is 18.0 Å². The molecular formula is C13H15ClF3NO. The first-order chi connectivity index (χ1) is 8.76. The lowest BCUT2D eigenvalue weighted by molar-refractivity contribution is 0.0934. The first-order valence-corrected chi connectivity index (χ1v) is 6.29. The van der Waals surface area contributed by atoms with Gasteiger partial charge in [0.25, 0.3) is 5.91 Å². The molecule has 1 amide bonds. The molecule has 2 nitrogen and oxygen atoms in total. The molecule has 19 heavy (non-hydrogen) atoms. The van der Waals surface area contributed by atoms with E-state index in [0.29, 0.717) is 31.0 Å². The minimum absolute atomic E-state index is 0.228. The van der Waals surface area contributed by atoms with Crippen molar-refractivity contribution >= 4 is 17.5 Å². The fraction of sp³-hybridized carbons (Fsp3) is 0.462. The monoisotopic (exact) mass is 293 g/mol. The summed E-state index contributed by atoms with van der Waals surface area (Å²) in [6.45, 7) is 4.11. The van der Waals surface area contributed by atoms with Crippen molar-refractivity contribution in [1.82, 2.24) is 5.32 Å². The topological polar surface area (TPSA) is 29.1 Å².